The molecule has 1 atom stereocenters. The fourth-order valence-electron chi connectivity index (χ4n) is 1.19. The molecule has 1 aliphatic rings. The van der Waals surface area contributed by atoms with E-state index in [1.165, 1.54) is 0 Å². The molecule has 0 unspecified atom stereocenters. The molecule has 13 heavy (non-hydrogen) atoms. The van der Waals surface area contributed by atoms with Crippen LogP contribution in [-0.2, 0) is 14.3 Å². The number of carbonyl (C=O) groups is 2. The lowest BCUT2D eigenvalue weighted by molar-refractivity contribution is -0.137. The van der Waals surface area contributed by atoms with Crippen LogP contribution in [0.5, 0.6) is 0 Å². The van der Waals surface area contributed by atoms with Gasteiger partial charge in [0, 0.05) is 13.2 Å². The van der Waals surface area contributed by atoms with E-state index >= 15 is 0 Å². The van der Waals surface area contributed by atoms with Crippen LogP contribution in [-0.4, -0.2) is 36.2 Å². The largest absolute Gasteiger partial charge is 0.481 e. The first kappa shape index (κ1) is 9.98. The van der Waals surface area contributed by atoms with E-state index in [1.54, 1.807) is 0 Å². The topological polar surface area (TPSA) is 75.6 Å². The van der Waals surface area contributed by atoms with E-state index in [1.807, 2.05) is 0 Å². The third-order valence-corrected chi connectivity index (χ3v) is 1.86. The van der Waals surface area contributed by atoms with Gasteiger partial charge in [-0.05, 0) is 12.8 Å². The standard InChI is InChI=1S/C8H13NO4/c10-7(11)3-4-9-8(12)6-2-1-5-13-6/h6H,1-5H2,(H,9,12)(H,10,11)/t6-/m1/s1. The summed E-state index contributed by atoms with van der Waals surface area (Å²) in [7, 11) is 0. The van der Waals surface area contributed by atoms with Crippen molar-refractivity contribution < 1.29 is 19.4 Å². The van der Waals surface area contributed by atoms with Gasteiger partial charge in [0.1, 0.15) is 6.10 Å². The Morgan fingerprint density at radius 1 is 1.54 bits per heavy atom. The molecular formula is C8H13NO4. The maximum absolute atomic E-state index is 11.2. The van der Waals surface area contributed by atoms with E-state index in [-0.39, 0.29) is 25.0 Å². The van der Waals surface area contributed by atoms with Crippen molar-refractivity contribution >= 4 is 11.9 Å². The number of carboxylic acids is 1. The van der Waals surface area contributed by atoms with Crippen molar-refractivity contribution in [2.75, 3.05) is 13.2 Å². The highest BCUT2D eigenvalue weighted by molar-refractivity contribution is 5.81. The van der Waals surface area contributed by atoms with E-state index in [0.29, 0.717) is 6.61 Å². The molecule has 5 heteroatoms. The van der Waals surface area contributed by atoms with Crippen LogP contribution in [0.1, 0.15) is 19.3 Å². The van der Waals surface area contributed by atoms with Crippen LogP contribution in [0.25, 0.3) is 0 Å². The Hall–Kier alpha value is -1.10. The van der Waals surface area contributed by atoms with E-state index < -0.39 is 5.97 Å². The monoisotopic (exact) mass is 187 g/mol. The van der Waals surface area contributed by atoms with Gasteiger partial charge in [0.15, 0.2) is 0 Å². The second kappa shape index (κ2) is 4.81. The van der Waals surface area contributed by atoms with Crippen molar-refractivity contribution in [3.8, 4) is 0 Å². The van der Waals surface area contributed by atoms with Crippen molar-refractivity contribution in [2.24, 2.45) is 0 Å². The van der Waals surface area contributed by atoms with Gasteiger partial charge in [-0.15, -0.1) is 0 Å². The fourth-order valence-corrected chi connectivity index (χ4v) is 1.19. The van der Waals surface area contributed by atoms with Crippen LogP contribution in [0.2, 0.25) is 0 Å². The lowest BCUT2D eigenvalue weighted by Crippen LogP contribution is -2.35. The van der Waals surface area contributed by atoms with Crippen LogP contribution in [0.15, 0.2) is 0 Å². The summed E-state index contributed by atoms with van der Waals surface area (Å²) >= 11 is 0. The third-order valence-electron chi connectivity index (χ3n) is 1.86. The molecule has 1 rings (SSSR count). The minimum Gasteiger partial charge on any atom is -0.481 e. The summed E-state index contributed by atoms with van der Waals surface area (Å²) in [4.78, 5) is 21.3. The van der Waals surface area contributed by atoms with Gasteiger partial charge in [0.05, 0.1) is 6.42 Å². The molecule has 1 fully saturated rings. The molecule has 0 spiro atoms. The summed E-state index contributed by atoms with van der Waals surface area (Å²) in [5, 5.41) is 10.8. The second-order valence-electron chi connectivity index (χ2n) is 2.94. The van der Waals surface area contributed by atoms with Crippen molar-refractivity contribution in [1.82, 2.24) is 5.32 Å². The number of nitrogens with one attached hydrogen (secondary N) is 1. The summed E-state index contributed by atoms with van der Waals surface area (Å²) in [6.07, 6.45) is 1.22. The average Bonchev–Trinajstić information content (AvgIpc) is 2.55. The van der Waals surface area contributed by atoms with Crippen molar-refractivity contribution in [3.63, 3.8) is 0 Å². The molecule has 1 amide bonds. The van der Waals surface area contributed by atoms with Crippen LogP contribution in [0.4, 0.5) is 0 Å². The Morgan fingerprint density at radius 3 is 2.85 bits per heavy atom. The number of carboxylic acid groups (broad SMARTS) is 1. The normalized spacial score (nSPS) is 21.4. The predicted molar refractivity (Wildman–Crippen MR) is 44.2 cm³/mol. The van der Waals surface area contributed by atoms with Crippen molar-refractivity contribution in [3.05, 3.63) is 0 Å². The SMILES string of the molecule is O=C(O)CCNC(=O)[C@H]1CCCO1. The lowest BCUT2D eigenvalue weighted by Gasteiger charge is -2.08. The summed E-state index contributed by atoms with van der Waals surface area (Å²) in [6, 6.07) is 0. The molecule has 0 aromatic heterocycles. The molecule has 0 aromatic rings. The number of aliphatic carboxylic acids is 1. The Morgan fingerprint density at radius 2 is 2.31 bits per heavy atom. The molecule has 0 saturated carbocycles. The zero-order valence-corrected chi connectivity index (χ0v) is 7.28. The number of amides is 1. The highest BCUT2D eigenvalue weighted by atomic mass is 16.5. The molecule has 0 bridgehead atoms. The molecule has 5 nitrogen and oxygen atoms in total. The van der Waals surface area contributed by atoms with Gasteiger partial charge < -0.3 is 15.2 Å². The summed E-state index contributed by atoms with van der Waals surface area (Å²) in [5.74, 6) is -1.11. The maximum Gasteiger partial charge on any atom is 0.305 e. The van der Waals surface area contributed by atoms with E-state index in [4.69, 9.17) is 9.84 Å². The first-order valence-corrected chi connectivity index (χ1v) is 4.31. The van der Waals surface area contributed by atoms with Crippen molar-refractivity contribution in [2.45, 2.75) is 25.4 Å². The second-order valence-corrected chi connectivity index (χ2v) is 2.94. The molecule has 2 N–H and O–H groups in total. The Balaban J connectivity index is 2.13. The first-order chi connectivity index (χ1) is 6.20. The summed E-state index contributed by atoms with van der Waals surface area (Å²) in [5.41, 5.74) is 0. The third kappa shape index (κ3) is 3.42. The van der Waals surface area contributed by atoms with E-state index in [9.17, 15) is 9.59 Å². The molecule has 1 heterocycles. The minimum atomic E-state index is -0.910. The number of hydrogen-bond donors (Lipinski definition) is 2. The first-order valence-electron chi connectivity index (χ1n) is 4.31. The molecule has 0 aliphatic carbocycles. The number of carbonyl (C=O) groups excluding carboxylic acids is 1. The van der Waals surface area contributed by atoms with Crippen LogP contribution >= 0.6 is 0 Å². The molecule has 74 valence electrons. The van der Waals surface area contributed by atoms with Gasteiger partial charge in [0.2, 0.25) is 5.91 Å². The molecule has 0 radical (unpaired) electrons. The summed E-state index contributed by atoms with van der Waals surface area (Å²) in [6.45, 7) is 0.797. The van der Waals surface area contributed by atoms with E-state index in [0.717, 1.165) is 12.8 Å². The number of rotatable bonds is 4. The quantitative estimate of drug-likeness (QED) is 0.636. The van der Waals surface area contributed by atoms with Crippen LogP contribution in [0.3, 0.4) is 0 Å². The van der Waals surface area contributed by atoms with E-state index in [2.05, 4.69) is 5.32 Å². The Labute approximate surface area is 76.1 Å². The Bertz CT molecular complexity index is 198. The fraction of sp³-hybridized carbons (Fsp3) is 0.750. The molecule has 1 saturated heterocycles. The van der Waals surface area contributed by atoms with Gasteiger partial charge in [-0.25, -0.2) is 0 Å². The zero-order chi connectivity index (χ0) is 9.68. The molecule has 0 aromatic carbocycles. The van der Waals surface area contributed by atoms with Gasteiger partial charge in [-0.2, -0.15) is 0 Å². The number of ether oxygens (including phenoxy) is 1. The van der Waals surface area contributed by atoms with Crippen LogP contribution < -0.4 is 5.32 Å². The predicted octanol–water partition coefficient (Wildman–Crippen LogP) is -0.244. The van der Waals surface area contributed by atoms with Crippen LogP contribution in [0, 0.1) is 0 Å². The summed E-state index contributed by atoms with van der Waals surface area (Å²) < 4.78 is 5.11. The number of hydrogen-bond acceptors (Lipinski definition) is 3. The molecule has 1 aliphatic heterocycles. The zero-order valence-electron chi connectivity index (χ0n) is 7.28. The highest BCUT2D eigenvalue weighted by Gasteiger charge is 2.22. The Kier molecular flexibility index (Phi) is 3.70. The lowest BCUT2D eigenvalue weighted by atomic mass is 10.2. The van der Waals surface area contributed by atoms with Gasteiger partial charge in [-0.3, -0.25) is 9.59 Å². The van der Waals surface area contributed by atoms with Gasteiger partial charge in [-0.1, -0.05) is 0 Å². The molecular weight excluding hydrogens is 174 g/mol. The highest BCUT2D eigenvalue weighted by Crippen LogP contribution is 2.11. The minimum absolute atomic E-state index is 0.0432. The van der Waals surface area contributed by atoms with Gasteiger partial charge in [0.25, 0.3) is 0 Å². The average molecular weight is 187 g/mol. The maximum atomic E-state index is 11.2. The smallest absolute Gasteiger partial charge is 0.305 e. The van der Waals surface area contributed by atoms with Crippen molar-refractivity contribution in [1.29, 1.82) is 0 Å². The van der Waals surface area contributed by atoms with Gasteiger partial charge >= 0.3 is 5.97 Å².